The van der Waals surface area contributed by atoms with Crippen molar-refractivity contribution in [3.05, 3.63) is 65.9 Å². The first-order valence-corrected chi connectivity index (χ1v) is 8.54. The zero-order valence-corrected chi connectivity index (χ0v) is 14.0. The van der Waals surface area contributed by atoms with Crippen LogP contribution >= 0.6 is 11.8 Å². The molecule has 0 saturated carbocycles. The van der Waals surface area contributed by atoms with Gasteiger partial charge in [-0.25, -0.2) is 0 Å². The zero-order valence-electron chi connectivity index (χ0n) is 13.1. The smallest absolute Gasteiger partial charge is 0.416 e. The second-order valence-electron chi connectivity index (χ2n) is 5.44. The molecule has 3 aromatic heterocycles. The highest BCUT2D eigenvalue weighted by Gasteiger charge is 2.30. The number of hydrogen-bond acceptors (Lipinski definition) is 5. The van der Waals surface area contributed by atoms with Gasteiger partial charge in [-0.05, 0) is 35.9 Å². The molecule has 0 unspecified atom stereocenters. The van der Waals surface area contributed by atoms with Gasteiger partial charge in [-0.3, -0.25) is 0 Å². The van der Waals surface area contributed by atoms with E-state index in [2.05, 4.69) is 15.3 Å². The number of benzene rings is 1. The van der Waals surface area contributed by atoms with Crippen molar-refractivity contribution in [3.63, 3.8) is 0 Å². The van der Waals surface area contributed by atoms with Crippen molar-refractivity contribution < 1.29 is 17.6 Å². The highest BCUT2D eigenvalue weighted by molar-refractivity contribution is 7.98. The van der Waals surface area contributed by atoms with E-state index >= 15 is 0 Å². The summed E-state index contributed by atoms with van der Waals surface area (Å²) in [5, 5.41) is 13.0. The molecule has 1 aromatic carbocycles. The summed E-state index contributed by atoms with van der Waals surface area (Å²) in [4.78, 5) is 0. The summed E-state index contributed by atoms with van der Waals surface area (Å²) in [5.74, 6) is 0.923. The van der Waals surface area contributed by atoms with Crippen molar-refractivity contribution >= 4 is 17.4 Å². The second-order valence-corrected chi connectivity index (χ2v) is 6.38. The quantitative estimate of drug-likeness (QED) is 0.484. The van der Waals surface area contributed by atoms with Gasteiger partial charge >= 0.3 is 6.18 Å². The van der Waals surface area contributed by atoms with Gasteiger partial charge in [0, 0.05) is 5.75 Å². The Morgan fingerprint density at radius 3 is 2.69 bits per heavy atom. The van der Waals surface area contributed by atoms with Crippen LogP contribution in [0.1, 0.15) is 11.1 Å². The summed E-state index contributed by atoms with van der Waals surface area (Å²) in [7, 11) is 0. The molecular formula is C17H11F3N4OS. The first-order valence-electron chi connectivity index (χ1n) is 7.56. The first kappa shape index (κ1) is 16.6. The van der Waals surface area contributed by atoms with Crippen LogP contribution in [-0.2, 0) is 11.9 Å². The van der Waals surface area contributed by atoms with Gasteiger partial charge in [-0.1, -0.05) is 30.0 Å². The van der Waals surface area contributed by atoms with E-state index in [0.717, 1.165) is 12.1 Å². The number of rotatable bonds is 4. The lowest BCUT2D eigenvalue weighted by molar-refractivity contribution is -0.137. The summed E-state index contributed by atoms with van der Waals surface area (Å²) < 4.78 is 45.3. The number of thioether (sulfide) groups is 1. The standard InChI is InChI=1S/C17H11F3N4OS/c18-17(19,20)12-4-1-3-11(9-12)10-26-16-22-21-15-7-6-13(23-24(15)16)14-5-2-8-25-14/h1-9H,10H2. The fraction of sp³-hybridized carbons (Fsp3) is 0.118. The highest BCUT2D eigenvalue weighted by atomic mass is 32.2. The van der Waals surface area contributed by atoms with Crippen LogP contribution in [0.3, 0.4) is 0 Å². The Bertz CT molecular complexity index is 1040. The molecule has 0 spiro atoms. The van der Waals surface area contributed by atoms with Gasteiger partial charge in [0.05, 0.1) is 11.8 Å². The van der Waals surface area contributed by atoms with Crippen LogP contribution < -0.4 is 0 Å². The normalized spacial score (nSPS) is 12.0. The third kappa shape index (κ3) is 3.30. The Hall–Kier alpha value is -2.81. The molecule has 0 amide bonds. The Kier molecular flexibility index (Phi) is 4.15. The number of fused-ring (bicyclic) bond motifs is 1. The Morgan fingerprint density at radius 2 is 1.92 bits per heavy atom. The molecule has 0 aliphatic rings. The maximum absolute atomic E-state index is 12.8. The molecule has 0 atom stereocenters. The monoisotopic (exact) mass is 376 g/mol. The molecule has 0 radical (unpaired) electrons. The predicted octanol–water partition coefficient (Wildman–Crippen LogP) is 4.70. The predicted molar refractivity (Wildman–Crippen MR) is 89.5 cm³/mol. The number of aromatic nitrogens is 4. The molecular weight excluding hydrogens is 365 g/mol. The lowest BCUT2D eigenvalue weighted by Gasteiger charge is -2.08. The van der Waals surface area contributed by atoms with Crippen molar-refractivity contribution in [2.45, 2.75) is 17.1 Å². The molecule has 0 bridgehead atoms. The SMILES string of the molecule is FC(F)(F)c1cccc(CSc2nnc3ccc(-c4ccco4)nn23)c1. The van der Waals surface area contributed by atoms with Crippen LogP contribution in [0.5, 0.6) is 0 Å². The van der Waals surface area contributed by atoms with Gasteiger partial charge in [0.2, 0.25) is 5.16 Å². The van der Waals surface area contributed by atoms with E-state index in [4.69, 9.17) is 4.42 Å². The lowest BCUT2D eigenvalue weighted by atomic mass is 10.1. The molecule has 5 nitrogen and oxygen atoms in total. The summed E-state index contributed by atoms with van der Waals surface area (Å²) >= 11 is 1.26. The number of furan rings is 1. The van der Waals surface area contributed by atoms with E-state index in [9.17, 15) is 13.2 Å². The van der Waals surface area contributed by atoms with Crippen molar-refractivity contribution in [2.24, 2.45) is 0 Å². The number of alkyl halides is 3. The Labute approximate surface area is 149 Å². The Morgan fingerprint density at radius 1 is 1.04 bits per heavy atom. The molecule has 0 aliphatic carbocycles. The van der Waals surface area contributed by atoms with Crippen LogP contribution in [0.15, 0.2) is 64.4 Å². The molecule has 0 aliphatic heterocycles. The Balaban J connectivity index is 1.59. The van der Waals surface area contributed by atoms with E-state index < -0.39 is 11.7 Å². The van der Waals surface area contributed by atoms with E-state index in [1.54, 1.807) is 41.1 Å². The topological polar surface area (TPSA) is 56.2 Å². The zero-order chi connectivity index (χ0) is 18.1. The average molecular weight is 376 g/mol. The van der Waals surface area contributed by atoms with Crippen LogP contribution in [-0.4, -0.2) is 19.8 Å². The lowest BCUT2D eigenvalue weighted by Crippen LogP contribution is -2.05. The fourth-order valence-electron chi connectivity index (χ4n) is 2.40. The van der Waals surface area contributed by atoms with Crippen molar-refractivity contribution in [2.75, 3.05) is 0 Å². The van der Waals surface area contributed by atoms with Crippen LogP contribution in [0.25, 0.3) is 17.1 Å². The van der Waals surface area contributed by atoms with Crippen LogP contribution in [0.4, 0.5) is 13.2 Å². The average Bonchev–Trinajstić information content (AvgIpc) is 3.29. The third-order valence-electron chi connectivity index (χ3n) is 3.63. The van der Waals surface area contributed by atoms with Crippen molar-refractivity contribution in [1.82, 2.24) is 19.8 Å². The number of halogens is 3. The van der Waals surface area contributed by atoms with E-state index in [0.29, 0.717) is 33.6 Å². The molecule has 26 heavy (non-hydrogen) atoms. The minimum atomic E-state index is -4.36. The van der Waals surface area contributed by atoms with Gasteiger partial charge in [0.25, 0.3) is 0 Å². The first-order chi connectivity index (χ1) is 12.5. The van der Waals surface area contributed by atoms with Gasteiger partial charge < -0.3 is 4.42 Å². The van der Waals surface area contributed by atoms with E-state index in [-0.39, 0.29) is 0 Å². The molecule has 9 heteroatoms. The summed E-state index contributed by atoms with van der Waals surface area (Å²) in [5.41, 5.74) is 1.04. The van der Waals surface area contributed by atoms with Gasteiger partial charge in [-0.15, -0.1) is 10.2 Å². The maximum atomic E-state index is 12.8. The molecule has 3 heterocycles. The third-order valence-corrected chi connectivity index (χ3v) is 4.62. The largest absolute Gasteiger partial charge is 0.463 e. The van der Waals surface area contributed by atoms with E-state index in [1.807, 2.05) is 0 Å². The minimum absolute atomic E-state index is 0.317. The highest BCUT2D eigenvalue weighted by Crippen LogP contribution is 2.31. The number of nitrogens with zero attached hydrogens (tertiary/aromatic N) is 4. The van der Waals surface area contributed by atoms with Crippen molar-refractivity contribution in [1.29, 1.82) is 0 Å². The van der Waals surface area contributed by atoms with Gasteiger partial charge in [-0.2, -0.15) is 22.8 Å². The maximum Gasteiger partial charge on any atom is 0.416 e. The van der Waals surface area contributed by atoms with Crippen molar-refractivity contribution in [3.8, 4) is 11.5 Å². The fourth-order valence-corrected chi connectivity index (χ4v) is 3.23. The molecule has 0 fully saturated rings. The molecule has 4 rings (SSSR count). The molecule has 132 valence electrons. The molecule has 0 N–H and O–H groups in total. The summed E-state index contributed by atoms with van der Waals surface area (Å²) in [6.07, 6.45) is -2.81. The summed E-state index contributed by atoms with van der Waals surface area (Å²) in [6.45, 7) is 0. The van der Waals surface area contributed by atoms with Gasteiger partial charge in [0.15, 0.2) is 11.4 Å². The number of hydrogen-bond donors (Lipinski definition) is 0. The van der Waals surface area contributed by atoms with E-state index in [1.165, 1.54) is 17.8 Å². The molecule has 4 aromatic rings. The van der Waals surface area contributed by atoms with Crippen LogP contribution in [0.2, 0.25) is 0 Å². The summed E-state index contributed by atoms with van der Waals surface area (Å²) in [6, 6.07) is 12.3. The molecule has 0 saturated heterocycles. The van der Waals surface area contributed by atoms with Crippen LogP contribution in [0, 0.1) is 0 Å². The second kappa shape index (κ2) is 6.49. The van der Waals surface area contributed by atoms with Gasteiger partial charge in [0.1, 0.15) is 5.69 Å². The minimum Gasteiger partial charge on any atom is -0.463 e.